The van der Waals surface area contributed by atoms with Gasteiger partial charge in [-0.3, -0.25) is 19.2 Å². The molecular weight excluding hydrogens is 777 g/mol. The third-order valence-electron chi connectivity index (χ3n) is 12.2. The largest absolute Gasteiger partial charge is 0.455 e. The summed E-state index contributed by atoms with van der Waals surface area (Å²) in [5, 5.41) is 12.4. The van der Waals surface area contributed by atoms with Crippen LogP contribution in [-0.4, -0.2) is 78.5 Å². The van der Waals surface area contributed by atoms with Crippen molar-refractivity contribution in [1.82, 2.24) is 0 Å². The molecule has 6 unspecified atom stereocenters. The predicted molar refractivity (Wildman–Crippen MR) is 242 cm³/mol. The van der Waals surface area contributed by atoms with E-state index in [1.54, 1.807) is 0 Å². The number of hydrogen-bond acceptors (Lipinski definition) is 11. The molecule has 1 aliphatic carbocycles. The third kappa shape index (κ3) is 22.3. The molecule has 358 valence electrons. The molecule has 0 spiro atoms. The summed E-state index contributed by atoms with van der Waals surface area (Å²) >= 11 is 0. The first-order chi connectivity index (χ1) is 29.4. The molecule has 1 N–H and O–H groups in total. The van der Waals surface area contributed by atoms with Crippen LogP contribution in [0, 0.1) is 23.7 Å². The lowest BCUT2D eigenvalue weighted by molar-refractivity contribution is -0.273. The fraction of sp³-hybridized carbons (Fsp3) is 0.920. The smallest absolute Gasteiger partial charge is 0.306 e. The van der Waals surface area contributed by atoms with Gasteiger partial charge in [-0.1, -0.05) is 185 Å². The van der Waals surface area contributed by atoms with Crippen molar-refractivity contribution in [3.05, 3.63) is 0 Å². The average Bonchev–Trinajstić information content (AvgIpc) is 3.19. The van der Waals surface area contributed by atoms with E-state index in [1.165, 1.54) is 0 Å². The lowest BCUT2D eigenvalue weighted by atomic mass is 9.83. The van der Waals surface area contributed by atoms with E-state index >= 15 is 0 Å². The van der Waals surface area contributed by atoms with E-state index in [9.17, 15) is 24.3 Å². The van der Waals surface area contributed by atoms with Crippen molar-refractivity contribution in [2.45, 2.75) is 266 Å². The van der Waals surface area contributed by atoms with Crippen LogP contribution < -0.4 is 0 Å². The van der Waals surface area contributed by atoms with Crippen LogP contribution in [0.3, 0.4) is 0 Å². The fourth-order valence-electron chi connectivity index (χ4n) is 9.44. The van der Waals surface area contributed by atoms with Crippen LogP contribution in [0.1, 0.15) is 223 Å². The Balaban J connectivity index is 4.00. The molecule has 0 aliphatic heterocycles. The molecule has 0 aromatic carbocycles. The number of aliphatic hydroxyl groups is 1. The zero-order chi connectivity index (χ0) is 45.6. The van der Waals surface area contributed by atoms with Crippen LogP contribution in [0.15, 0.2) is 0 Å². The molecule has 61 heavy (non-hydrogen) atoms. The van der Waals surface area contributed by atoms with Gasteiger partial charge in [0, 0.05) is 25.7 Å². The van der Waals surface area contributed by atoms with Gasteiger partial charge in [0.25, 0.3) is 0 Å². The molecule has 0 saturated heterocycles. The SMILES string of the molecule is CCCC(CCC)CC(=O)OC1C(O)C(OCOC(CCC)CCC)C(OC(=O)CC(CCC)CCC)C(OC(=O)CC(CCC)CCC)C1OC(=O)CC(CCC)CCC. The number of carbonyl (C=O) groups is 4. The van der Waals surface area contributed by atoms with E-state index in [2.05, 4.69) is 69.2 Å². The summed E-state index contributed by atoms with van der Waals surface area (Å²) in [4.78, 5) is 56.2. The Labute approximate surface area is 372 Å². The highest BCUT2D eigenvalue weighted by atomic mass is 16.7. The molecule has 1 rings (SSSR count). The highest BCUT2D eigenvalue weighted by Crippen LogP contribution is 2.36. The topological polar surface area (TPSA) is 144 Å². The molecular formula is C50H92O11. The van der Waals surface area contributed by atoms with Crippen LogP contribution in [0.5, 0.6) is 0 Å². The van der Waals surface area contributed by atoms with Crippen molar-refractivity contribution in [2.75, 3.05) is 6.79 Å². The second-order valence-corrected chi connectivity index (χ2v) is 18.0. The molecule has 1 saturated carbocycles. The van der Waals surface area contributed by atoms with Crippen molar-refractivity contribution in [2.24, 2.45) is 23.7 Å². The summed E-state index contributed by atoms with van der Waals surface area (Å²) in [6.07, 6.45) is 8.80. The highest BCUT2D eigenvalue weighted by molar-refractivity contribution is 5.73. The van der Waals surface area contributed by atoms with Gasteiger partial charge < -0.3 is 33.5 Å². The summed E-state index contributed by atoms with van der Waals surface area (Å²) in [5.74, 6) is -1.93. The molecule has 0 aromatic heterocycles. The number of ether oxygens (including phenoxy) is 6. The number of hydrogen-bond donors (Lipinski definition) is 1. The molecule has 0 heterocycles. The van der Waals surface area contributed by atoms with Gasteiger partial charge in [-0.2, -0.15) is 0 Å². The Morgan fingerprint density at radius 3 is 0.902 bits per heavy atom. The van der Waals surface area contributed by atoms with Gasteiger partial charge in [-0.25, -0.2) is 0 Å². The monoisotopic (exact) mass is 869 g/mol. The van der Waals surface area contributed by atoms with Gasteiger partial charge in [-0.05, 0) is 36.5 Å². The zero-order valence-corrected chi connectivity index (χ0v) is 40.6. The molecule has 0 aromatic rings. The minimum absolute atomic E-state index is 0.0563. The predicted octanol–water partition coefficient (Wildman–Crippen LogP) is 11.8. The first-order valence-electron chi connectivity index (χ1n) is 25.1. The average molecular weight is 869 g/mol. The van der Waals surface area contributed by atoms with Crippen molar-refractivity contribution in [3.8, 4) is 0 Å². The fourth-order valence-corrected chi connectivity index (χ4v) is 9.44. The summed E-state index contributed by atoms with van der Waals surface area (Å²) < 4.78 is 37.8. The first-order valence-corrected chi connectivity index (χ1v) is 25.1. The Morgan fingerprint density at radius 2 is 0.623 bits per heavy atom. The number of aliphatic hydroxyl groups excluding tert-OH is 1. The van der Waals surface area contributed by atoms with Crippen molar-refractivity contribution < 1.29 is 52.7 Å². The van der Waals surface area contributed by atoms with Gasteiger partial charge in [0.15, 0.2) is 24.4 Å². The Kier molecular flexibility index (Phi) is 31.8. The van der Waals surface area contributed by atoms with E-state index in [0.29, 0.717) is 0 Å². The van der Waals surface area contributed by atoms with Gasteiger partial charge in [0.05, 0.1) is 6.10 Å². The maximum Gasteiger partial charge on any atom is 0.306 e. The van der Waals surface area contributed by atoms with Crippen molar-refractivity contribution in [3.63, 3.8) is 0 Å². The quantitative estimate of drug-likeness (QED) is 0.0365. The number of esters is 4. The van der Waals surface area contributed by atoms with E-state index < -0.39 is 60.5 Å². The van der Waals surface area contributed by atoms with E-state index in [4.69, 9.17) is 28.4 Å². The first kappa shape index (κ1) is 56.8. The van der Waals surface area contributed by atoms with Crippen molar-refractivity contribution >= 4 is 23.9 Å². The number of carbonyl (C=O) groups excluding carboxylic acids is 4. The second kappa shape index (κ2) is 34.2. The van der Waals surface area contributed by atoms with Crippen LogP contribution in [0.2, 0.25) is 0 Å². The molecule has 6 atom stereocenters. The van der Waals surface area contributed by atoms with Crippen LogP contribution in [0.25, 0.3) is 0 Å². The summed E-state index contributed by atoms with van der Waals surface area (Å²) in [6, 6.07) is 0. The third-order valence-corrected chi connectivity index (χ3v) is 12.2. The zero-order valence-electron chi connectivity index (χ0n) is 40.6. The number of rotatable bonds is 36. The molecule has 0 radical (unpaired) electrons. The molecule has 11 nitrogen and oxygen atoms in total. The Bertz CT molecular complexity index is 1130. The molecule has 11 heteroatoms. The Morgan fingerprint density at radius 1 is 0.377 bits per heavy atom. The molecule has 0 bridgehead atoms. The normalized spacial score (nSPS) is 20.5. The maximum atomic E-state index is 14.1. The van der Waals surface area contributed by atoms with Crippen LogP contribution in [0.4, 0.5) is 0 Å². The summed E-state index contributed by atoms with van der Waals surface area (Å²) in [6.45, 7) is 20.5. The summed E-state index contributed by atoms with van der Waals surface area (Å²) in [5.41, 5.74) is 0. The van der Waals surface area contributed by atoms with E-state index in [-0.39, 0.29) is 62.3 Å². The van der Waals surface area contributed by atoms with Gasteiger partial charge in [0.1, 0.15) is 19.0 Å². The van der Waals surface area contributed by atoms with E-state index in [0.717, 1.165) is 128 Å². The lowest BCUT2D eigenvalue weighted by Crippen LogP contribution is -2.68. The van der Waals surface area contributed by atoms with Gasteiger partial charge >= 0.3 is 23.9 Å². The minimum Gasteiger partial charge on any atom is -0.455 e. The maximum absolute atomic E-state index is 14.1. The highest BCUT2D eigenvalue weighted by Gasteiger charge is 2.58. The van der Waals surface area contributed by atoms with Crippen LogP contribution in [-0.2, 0) is 47.6 Å². The van der Waals surface area contributed by atoms with E-state index in [1.807, 2.05) is 0 Å². The molecule has 1 aliphatic rings. The Hall–Kier alpha value is -2.24. The second-order valence-electron chi connectivity index (χ2n) is 18.0. The molecule has 1 fully saturated rings. The van der Waals surface area contributed by atoms with Crippen molar-refractivity contribution in [1.29, 1.82) is 0 Å². The minimum atomic E-state index is -1.62. The lowest BCUT2D eigenvalue weighted by Gasteiger charge is -2.47. The standard InChI is InChI=1S/C50H92O11/c1-11-21-36(22-12-2)31-41(51)58-47-45(55)46(57-35-56-40(29-19-9)30-20-10)48(59-42(52)32-37(23-13-3)24-14-4)50(61-44(54)34-39(27-17-7)28-18-8)49(47)60-43(53)33-38(25-15-5)26-16-6/h36-40,45-50,55H,11-35H2,1-10H3. The summed E-state index contributed by atoms with van der Waals surface area (Å²) in [7, 11) is 0. The van der Waals surface area contributed by atoms with Gasteiger partial charge in [0.2, 0.25) is 0 Å². The van der Waals surface area contributed by atoms with Crippen LogP contribution >= 0.6 is 0 Å². The van der Waals surface area contributed by atoms with Gasteiger partial charge in [-0.15, -0.1) is 0 Å². The molecule has 0 amide bonds.